The Morgan fingerprint density at radius 1 is 1.30 bits per heavy atom. The molecule has 0 radical (unpaired) electrons. The third-order valence-corrected chi connectivity index (χ3v) is 5.81. The predicted octanol–water partition coefficient (Wildman–Crippen LogP) is 2.53. The summed E-state index contributed by atoms with van der Waals surface area (Å²) in [5, 5.41) is 21.1. The lowest BCUT2D eigenvalue weighted by atomic mass is 9.86. The van der Waals surface area contributed by atoms with Crippen LogP contribution in [0.1, 0.15) is 44.6 Å². The highest BCUT2D eigenvalue weighted by molar-refractivity contribution is 5.80. The number of ether oxygens (including phenoxy) is 1. The Morgan fingerprint density at radius 3 is 2.63 bits per heavy atom. The zero-order valence-electron chi connectivity index (χ0n) is 17.4. The number of piperidine rings is 1. The lowest BCUT2D eigenvalue weighted by Gasteiger charge is -2.29. The molecule has 1 aliphatic carbocycles. The Hall–Kier alpha value is -2.61. The number of hydrogen-bond donors (Lipinski definition) is 3. The number of carbonyl (C=O) groups is 2. The van der Waals surface area contributed by atoms with Crippen LogP contribution in [-0.2, 0) is 4.79 Å². The number of aromatic nitrogens is 1. The van der Waals surface area contributed by atoms with Crippen LogP contribution in [0.5, 0.6) is 5.88 Å². The summed E-state index contributed by atoms with van der Waals surface area (Å²) in [4.78, 5) is 28.9. The van der Waals surface area contributed by atoms with Crippen molar-refractivity contribution < 1.29 is 24.5 Å². The van der Waals surface area contributed by atoms with Gasteiger partial charge in [0, 0.05) is 37.8 Å². The monoisotopic (exact) mass is 417 g/mol. The highest BCUT2D eigenvalue weighted by Crippen LogP contribution is 2.30. The summed E-state index contributed by atoms with van der Waals surface area (Å²) in [6, 6.07) is 3.86. The normalized spacial score (nSPS) is 20.9. The van der Waals surface area contributed by atoms with Crippen LogP contribution < -0.4 is 10.1 Å². The fourth-order valence-corrected chi connectivity index (χ4v) is 3.88. The Morgan fingerprint density at radius 2 is 2.07 bits per heavy atom. The number of carboxylic acid groups (broad SMARTS) is 1. The number of rotatable bonds is 7. The molecular formula is C22H31N3O5. The molecule has 30 heavy (non-hydrogen) atoms. The van der Waals surface area contributed by atoms with Gasteiger partial charge in [-0.1, -0.05) is 6.08 Å². The number of pyridine rings is 1. The Kier molecular flexibility index (Phi) is 7.68. The first-order chi connectivity index (χ1) is 14.4. The molecule has 3 N–H and O–H groups in total. The maximum atomic E-state index is 12.1. The summed E-state index contributed by atoms with van der Waals surface area (Å²) in [5.74, 6) is 0.879. The maximum absolute atomic E-state index is 12.1. The van der Waals surface area contributed by atoms with Gasteiger partial charge in [-0.15, -0.1) is 0 Å². The van der Waals surface area contributed by atoms with Crippen molar-refractivity contribution in [1.82, 2.24) is 15.2 Å². The van der Waals surface area contributed by atoms with E-state index in [1.165, 1.54) is 10.5 Å². The first-order valence-electron chi connectivity index (χ1n) is 10.6. The quantitative estimate of drug-likeness (QED) is 0.629. The fraction of sp³-hybridized carbons (Fsp3) is 0.591. The van der Waals surface area contributed by atoms with Gasteiger partial charge in [0.2, 0.25) is 11.8 Å². The largest absolute Gasteiger partial charge is 0.477 e. The Balaban J connectivity index is 1.44. The topological polar surface area (TPSA) is 112 Å². The molecule has 1 saturated heterocycles. The van der Waals surface area contributed by atoms with Crippen molar-refractivity contribution >= 4 is 17.6 Å². The number of nitrogens with zero attached hydrogens (tertiary/aromatic N) is 2. The molecule has 2 atom stereocenters. The van der Waals surface area contributed by atoms with Crippen molar-refractivity contribution in [2.45, 2.75) is 45.1 Å². The van der Waals surface area contributed by atoms with Gasteiger partial charge in [0.25, 0.3) is 0 Å². The molecule has 2 aliphatic rings. The molecule has 3 rings (SSSR count). The lowest BCUT2D eigenvalue weighted by molar-refractivity contribution is -0.125. The smallest absolute Gasteiger partial charge is 0.407 e. The van der Waals surface area contributed by atoms with E-state index in [1.54, 1.807) is 6.92 Å². The van der Waals surface area contributed by atoms with E-state index in [2.05, 4.69) is 16.4 Å². The Labute approximate surface area is 176 Å². The van der Waals surface area contributed by atoms with Gasteiger partial charge in [-0.25, -0.2) is 9.78 Å². The van der Waals surface area contributed by atoms with E-state index in [4.69, 9.17) is 9.84 Å². The number of nitrogens with one attached hydrogen (secondary N) is 1. The van der Waals surface area contributed by atoms with E-state index < -0.39 is 12.2 Å². The second-order valence-electron chi connectivity index (χ2n) is 8.20. The zero-order chi connectivity index (χ0) is 21.5. The van der Waals surface area contributed by atoms with E-state index >= 15 is 0 Å². The predicted molar refractivity (Wildman–Crippen MR) is 112 cm³/mol. The molecule has 0 aromatic carbocycles. The number of carbonyl (C=O) groups excluding carboxylic acids is 1. The molecule has 2 amide bonds. The van der Waals surface area contributed by atoms with Gasteiger partial charge in [0.1, 0.15) is 0 Å². The molecule has 2 heterocycles. The van der Waals surface area contributed by atoms with Gasteiger partial charge in [-0.3, -0.25) is 4.79 Å². The molecule has 8 nitrogen and oxygen atoms in total. The molecule has 0 saturated carbocycles. The van der Waals surface area contributed by atoms with Crippen LogP contribution in [0.2, 0.25) is 0 Å². The van der Waals surface area contributed by atoms with Gasteiger partial charge in [0.05, 0.1) is 12.7 Å². The number of hydrogen-bond acceptors (Lipinski definition) is 5. The number of aliphatic hydroxyl groups is 1. The molecule has 164 valence electrons. The van der Waals surface area contributed by atoms with E-state index in [0.717, 1.165) is 31.2 Å². The van der Waals surface area contributed by atoms with Crippen molar-refractivity contribution in [2.75, 3.05) is 26.2 Å². The van der Waals surface area contributed by atoms with Crippen molar-refractivity contribution in [3.8, 4) is 5.88 Å². The van der Waals surface area contributed by atoms with Gasteiger partial charge in [-0.2, -0.15) is 0 Å². The molecule has 1 aromatic rings. The van der Waals surface area contributed by atoms with Gasteiger partial charge >= 0.3 is 6.09 Å². The summed E-state index contributed by atoms with van der Waals surface area (Å²) in [6.45, 7) is 3.60. The number of amides is 2. The third kappa shape index (κ3) is 6.19. The molecule has 8 heteroatoms. The van der Waals surface area contributed by atoms with Gasteiger partial charge in [-0.05, 0) is 62.1 Å². The van der Waals surface area contributed by atoms with Gasteiger partial charge < -0.3 is 25.2 Å². The highest BCUT2D eigenvalue weighted by Gasteiger charge is 2.24. The summed E-state index contributed by atoms with van der Waals surface area (Å²) < 4.78 is 5.81. The second kappa shape index (κ2) is 10.4. The summed E-state index contributed by atoms with van der Waals surface area (Å²) in [7, 11) is 0. The summed E-state index contributed by atoms with van der Waals surface area (Å²) in [5.41, 5.74) is 2.23. The third-order valence-electron chi connectivity index (χ3n) is 5.81. The lowest BCUT2D eigenvalue weighted by Crippen LogP contribution is -2.38. The molecular weight excluding hydrogens is 386 g/mol. The summed E-state index contributed by atoms with van der Waals surface area (Å²) in [6.07, 6.45) is 6.43. The average molecular weight is 418 g/mol. The Bertz CT molecular complexity index is 755. The first kappa shape index (κ1) is 22.1. The van der Waals surface area contributed by atoms with Crippen molar-refractivity contribution in [3.63, 3.8) is 0 Å². The van der Waals surface area contributed by atoms with E-state index in [9.17, 15) is 14.7 Å². The van der Waals surface area contributed by atoms with E-state index in [-0.39, 0.29) is 18.4 Å². The standard InChI is InChI=1S/C22H31N3O5/c1-15(26)12-24-21(27)18-4-2-17(3-5-18)19-6-7-20(23-13-19)30-14-16-8-10-25(11-9-16)22(28)29/h2,6-7,13,15-16,18,26H,3-5,8-12,14H2,1H3,(H,24,27)(H,28,29)/t15-,18?/m0/s1. The van der Waals surface area contributed by atoms with Gasteiger partial charge in [0.15, 0.2) is 0 Å². The summed E-state index contributed by atoms with van der Waals surface area (Å²) >= 11 is 0. The fourth-order valence-electron chi connectivity index (χ4n) is 3.88. The minimum absolute atomic E-state index is 0.00209. The number of allylic oxidation sites excluding steroid dienone is 2. The van der Waals surface area contributed by atoms with Crippen LogP contribution in [0, 0.1) is 11.8 Å². The van der Waals surface area contributed by atoms with Crippen LogP contribution in [-0.4, -0.2) is 64.4 Å². The molecule has 0 bridgehead atoms. The number of aliphatic hydroxyl groups excluding tert-OH is 1. The molecule has 1 fully saturated rings. The molecule has 1 aliphatic heterocycles. The van der Waals surface area contributed by atoms with Crippen LogP contribution in [0.25, 0.3) is 5.57 Å². The molecule has 1 aromatic heterocycles. The minimum atomic E-state index is -0.852. The van der Waals surface area contributed by atoms with Crippen LogP contribution >= 0.6 is 0 Å². The van der Waals surface area contributed by atoms with Crippen molar-refractivity contribution in [1.29, 1.82) is 0 Å². The van der Waals surface area contributed by atoms with Crippen LogP contribution in [0.3, 0.4) is 0 Å². The van der Waals surface area contributed by atoms with Crippen LogP contribution in [0.15, 0.2) is 24.4 Å². The minimum Gasteiger partial charge on any atom is -0.477 e. The molecule has 0 spiro atoms. The van der Waals surface area contributed by atoms with Crippen LogP contribution in [0.4, 0.5) is 4.79 Å². The van der Waals surface area contributed by atoms with E-state index in [0.29, 0.717) is 37.9 Å². The number of likely N-dealkylation sites (tertiary alicyclic amines) is 1. The van der Waals surface area contributed by atoms with Crippen molar-refractivity contribution in [2.24, 2.45) is 11.8 Å². The first-order valence-corrected chi connectivity index (χ1v) is 10.6. The van der Waals surface area contributed by atoms with E-state index in [1.807, 2.05) is 18.3 Å². The second-order valence-corrected chi connectivity index (χ2v) is 8.20. The molecule has 1 unspecified atom stereocenters. The highest BCUT2D eigenvalue weighted by atomic mass is 16.5. The van der Waals surface area contributed by atoms with Crippen molar-refractivity contribution in [3.05, 3.63) is 30.0 Å². The SMILES string of the molecule is C[C@H](O)CNC(=O)C1CC=C(c2ccc(OCC3CCN(C(=O)O)CC3)nc2)CC1. The maximum Gasteiger partial charge on any atom is 0.407 e. The zero-order valence-corrected chi connectivity index (χ0v) is 17.4. The average Bonchev–Trinajstić information content (AvgIpc) is 2.77.